The van der Waals surface area contributed by atoms with E-state index in [0.29, 0.717) is 11.4 Å². The molecule has 0 saturated carbocycles. The van der Waals surface area contributed by atoms with Gasteiger partial charge in [0.1, 0.15) is 17.2 Å². The predicted molar refractivity (Wildman–Crippen MR) is 75.3 cm³/mol. The maximum Gasteiger partial charge on any atom is 0.387 e. The van der Waals surface area contributed by atoms with E-state index in [0.717, 1.165) is 0 Å². The first-order valence-corrected chi connectivity index (χ1v) is 6.29. The standard InChI is InChI=1S/C15H13F2NO4/c16-15(17)22-13-3-1-2-10(8-13)18-14(20)9-21-12-6-4-11(19)5-7-12/h1-8,15,19H,9H2,(H,18,20). The zero-order chi connectivity index (χ0) is 15.9. The van der Waals surface area contributed by atoms with Gasteiger partial charge in [-0.15, -0.1) is 0 Å². The molecule has 0 aromatic heterocycles. The van der Waals surface area contributed by atoms with Crippen molar-refractivity contribution >= 4 is 11.6 Å². The summed E-state index contributed by atoms with van der Waals surface area (Å²) in [4.78, 5) is 11.7. The molecule has 0 aliphatic rings. The summed E-state index contributed by atoms with van der Waals surface area (Å²) in [6.45, 7) is -3.19. The van der Waals surface area contributed by atoms with E-state index in [-0.39, 0.29) is 18.1 Å². The molecule has 2 aromatic carbocycles. The van der Waals surface area contributed by atoms with Gasteiger partial charge in [0.15, 0.2) is 6.61 Å². The summed E-state index contributed by atoms with van der Waals surface area (Å²) >= 11 is 0. The highest BCUT2D eigenvalue weighted by Gasteiger charge is 2.07. The summed E-state index contributed by atoms with van der Waals surface area (Å²) in [7, 11) is 0. The molecule has 116 valence electrons. The Hall–Kier alpha value is -2.83. The molecular formula is C15H13F2NO4. The summed E-state index contributed by atoms with van der Waals surface area (Å²) in [5.74, 6) is 0.00454. The van der Waals surface area contributed by atoms with Gasteiger partial charge in [0.25, 0.3) is 5.91 Å². The number of carbonyl (C=O) groups excluding carboxylic acids is 1. The first kappa shape index (κ1) is 15.6. The number of phenolic OH excluding ortho intramolecular Hbond substituents is 1. The number of aromatic hydroxyl groups is 1. The molecule has 0 atom stereocenters. The normalized spacial score (nSPS) is 10.3. The van der Waals surface area contributed by atoms with Crippen LogP contribution < -0.4 is 14.8 Å². The Balaban J connectivity index is 1.87. The Labute approximate surface area is 125 Å². The van der Waals surface area contributed by atoms with Crippen LogP contribution in [0, 0.1) is 0 Å². The van der Waals surface area contributed by atoms with Gasteiger partial charge in [-0.3, -0.25) is 4.79 Å². The summed E-state index contributed by atoms with van der Waals surface area (Å²) in [6.07, 6.45) is 0. The molecular weight excluding hydrogens is 296 g/mol. The van der Waals surface area contributed by atoms with Gasteiger partial charge in [0, 0.05) is 11.8 Å². The third-order valence-electron chi connectivity index (χ3n) is 2.55. The van der Waals surface area contributed by atoms with Crippen molar-refractivity contribution in [2.24, 2.45) is 0 Å². The Morgan fingerprint density at radius 1 is 1.14 bits per heavy atom. The minimum atomic E-state index is -2.93. The monoisotopic (exact) mass is 309 g/mol. The van der Waals surface area contributed by atoms with Gasteiger partial charge >= 0.3 is 6.61 Å². The van der Waals surface area contributed by atoms with E-state index < -0.39 is 12.5 Å². The van der Waals surface area contributed by atoms with E-state index in [1.807, 2.05) is 0 Å². The van der Waals surface area contributed by atoms with Crippen molar-refractivity contribution < 1.29 is 28.2 Å². The van der Waals surface area contributed by atoms with Crippen LogP contribution in [0.15, 0.2) is 48.5 Å². The molecule has 0 aliphatic carbocycles. The molecule has 0 unspecified atom stereocenters. The van der Waals surface area contributed by atoms with Crippen LogP contribution in [0.25, 0.3) is 0 Å². The van der Waals surface area contributed by atoms with Crippen molar-refractivity contribution in [1.82, 2.24) is 0 Å². The Bertz CT molecular complexity index is 632. The fourth-order valence-electron chi connectivity index (χ4n) is 1.64. The zero-order valence-electron chi connectivity index (χ0n) is 11.3. The van der Waals surface area contributed by atoms with Gasteiger partial charge in [-0.25, -0.2) is 0 Å². The molecule has 0 fully saturated rings. The maximum absolute atomic E-state index is 12.1. The topological polar surface area (TPSA) is 67.8 Å². The second kappa shape index (κ2) is 7.26. The number of halogens is 2. The second-order valence-corrected chi connectivity index (χ2v) is 4.24. The van der Waals surface area contributed by atoms with E-state index in [2.05, 4.69) is 10.1 Å². The van der Waals surface area contributed by atoms with Crippen molar-refractivity contribution in [3.63, 3.8) is 0 Å². The second-order valence-electron chi connectivity index (χ2n) is 4.24. The number of alkyl halides is 2. The lowest BCUT2D eigenvalue weighted by Crippen LogP contribution is -2.20. The van der Waals surface area contributed by atoms with E-state index in [9.17, 15) is 13.6 Å². The quantitative estimate of drug-likeness (QED) is 0.861. The number of hydrogen-bond donors (Lipinski definition) is 2. The van der Waals surface area contributed by atoms with Crippen LogP contribution in [0.2, 0.25) is 0 Å². The molecule has 0 spiro atoms. The smallest absolute Gasteiger partial charge is 0.387 e. The number of rotatable bonds is 6. The van der Waals surface area contributed by atoms with Crippen molar-refractivity contribution in [3.05, 3.63) is 48.5 Å². The Morgan fingerprint density at radius 2 is 1.86 bits per heavy atom. The van der Waals surface area contributed by atoms with E-state index in [1.54, 1.807) is 0 Å². The number of amides is 1. The van der Waals surface area contributed by atoms with E-state index >= 15 is 0 Å². The van der Waals surface area contributed by atoms with Crippen LogP contribution in [-0.4, -0.2) is 24.2 Å². The molecule has 2 N–H and O–H groups in total. The number of phenols is 1. The van der Waals surface area contributed by atoms with Gasteiger partial charge in [0.2, 0.25) is 0 Å². The van der Waals surface area contributed by atoms with E-state index in [4.69, 9.17) is 9.84 Å². The molecule has 22 heavy (non-hydrogen) atoms. The van der Waals surface area contributed by atoms with Crippen LogP contribution in [0.3, 0.4) is 0 Å². The van der Waals surface area contributed by atoms with Crippen molar-refractivity contribution in [3.8, 4) is 17.2 Å². The molecule has 0 heterocycles. The van der Waals surface area contributed by atoms with Gasteiger partial charge < -0.3 is 19.9 Å². The first-order valence-electron chi connectivity index (χ1n) is 6.29. The molecule has 0 bridgehead atoms. The van der Waals surface area contributed by atoms with Crippen LogP contribution in [0.1, 0.15) is 0 Å². The minimum Gasteiger partial charge on any atom is -0.508 e. The number of hydrogen-bond acceptors (Lipinski definition) is 4. The Kier molecular flexibility index (Phi) is 5.13. The predicted octanol–water partition coefficient (Wildman–Crippen LogP) is 3.01. The number of anilines is 1. The van der Waals surface area contributed by atoms with E-state index in [1.165, 1.54) is 48.5 Å². The van der Waals surface area contributed by atoms with Crippen LogP contribution in [0.4, 0.5) is 14.5 Å². The fraction of sp³-hybridized carbons (Fsp3) is 0.133. The molecule has 2 aromatic rings. The molecule has 1 amide bonds. The first-order chi connectivity index (χ1) is 10.5. The highest BCUT2D eigenvalue weighted by atomic mass is 19.3. The van der Waals surface area contributed by atoms with Gasteiger partial charge in [-0.1, -0.05) is 6.07 Å². The lowest BCUT2D eigenvalue weighted by atomic mass is 10.3. The average molecular weight is 309 g/mol. The van der Waals surface area contributed by atoms with Crippen molar-refractivity contribution in [2.45, 2.75) is 6.61 Å². The number of ether oxygens (including phenoxy) is 2. The molecule has 5 nitrogen and oxygen atoms in total. The van der Waals surface area contributed by atoms with Crippen LogP contribution >= 0.6 is 0 Å². The Morgan fingerprint density at radius 3 is 2.55 bits per heavy atom. The fourth-order valence-corrected chi connectivity index (χ4v) is 1.64. The SMILES string of the molecule is O=C(COc1ccc(O)cc1)Nc1cccc(OC(F)F)c1. The third-order valence-corrected chi connectivity index (χ3v) is 2.55. The maximum atomic E-state index is 12.1. The molecule has 0 radical (unpaired) electrons. The largest absolute Gasteiger partial charge is 0.508 e. The van der Waals surface area contributed by atoms with Gasteiger partial charge in [-0.2, -0.15) is 8.78 Å². The number of nitrogens with one attached hydrogen (secondary N) is 1. The highest BCUT2D eigenvalue weighted by Crippen LogP contribution is 2.19. The lowest BCUT2D eigenvalue weighted by Gasteiger charge is -2.09. The summed E-state index contributed by atoms with van der Waals surface area (Å²) in [5, 5.41) is 11.6. The van der Waals surface area contributed by atoms with Crippen molar-refractivity contribution in [2.75, 3.05) is 11.9 Å². The minimum absolute atomic E-state index is 0.0488. The van der Waals surface area contributed by atoms with Crippen LogP contribution in [0.5, 0.6) is 17.2 Å². The average Bonchev–Trinajstić information content (AvgIpc) is 2.46. The molecule has 0 aliphatic heterocycles. The molecule has 2 rings (SSSR count). The van der Waals surface area contributed by atoms with Crippen LogP contribution in [-0.2, 0) is 4.79 Å². The number of benzene rings is 2. The molecule has 0 saturated heterocycles. The lowest BCUT2D eigenvalue weighted by molar-refractivity contribution is -0.118. The summed E-state index contributed by atoms with van der Waals surface area (Å²) in [5.41, 5.74) is 0.317. The van der Waals surface area contributed by atoms with Crippen molar-refractivity contribution in [1.29, 1.82) is 0 Å². The third kappa shape index (κ3) is 4.93. The molecule has 7 heteroatoms. The van der Waals surface area contributed by atoms with Gasteiger partial charge in [-0.05, 0) is 36.4 Å². The summed E-state index contributed by atoms with van der Waals surface area (Å²) in [6, 6.07) is 11.5. The highest BCUT2D eigenvalue weighted by molar-refractivity contribution is 5.92. The zero-order valence-corrected chi connectivity index (χ0v) is 11.3. The van der Waals surface area contributed by atoms with Gasteiger partial charge in [0.05, 0.1) is 0 Å². The summed E-state index contributed by atoms with van der Waals surface area (Å²) < 4.78 is 33.7. The number of carbonyl (C=O) groups is 1.